The van der Waals surface area contributed by atoms with Crippen molar-refractivity contribution in [2.75, 3.05) is 19.6 Å². The summed E-state index contributed by atoms with van der Waals surface area (Å²) in [5.41, 5.74) is 2.33. The molecule has 0 radical (unpaired) electrons. The zero-order chi connectivity index (χ0) is 22.8. The SMILES string of the molecule is N=CCN1CCC(NC(=O)c2cc3ccccc3n2Cc2cc(-c3ccc(Cl)s3)on2)CC1. The molecule has 3 aromatic heterocycles. The predicted octanol–water partition coefficient (Wildman–Crippen LogP) is 4.90. The smallest absolute Gasteiger partial charge is 0.268 e. The molecule has 7 nitrogen and oxygen atoms in total. The van der Waals surface area contributed by atoms with Crippen LogP contribution in [0.2, 0.25) is 4.34 Å². The Hall–Kier alpha value is -2.94. The van der Waals surface area contributed by atoms with Crippen molar-refractivity contribution < 1.29 is 9.32 Å². The maximum Gasteiger partial charge on any atom is 0.268 e. The summed E-state index contributed by atoms with van der Waals surface area (Å²) in [7, 11) is 0. The largest absolute Gasteiger partial charge is 0.355 e. The molecule has 170 valence electrons. The quantitative estimate of drug-likeness (QED) is 0.367. The Balaban J connectivity index is 1.37. The number of nitrogens with zero attached hydrogens (tertiary/aromatic N) is 3. The molecule has 4 heterocycles. The number of benzene rings is 1. The van der Waals surface area contributed by atoms with Gasteiger partial charge in [0.2, 0.25) is 0 Å². The lowest BCUT2D eigenvalue weighted by Crippen LogP contribution is -2.45. The molecule has 33 heavy (non-hydrogen) atoms. The van der Waals surface area contributed by atoms with Gasteiger partial charge in [-0.3, -0.25) is 9.69 Å². The van der Waals surface area contributed by atoms with E-state index in [0.29, 0.717) is 28.9 Å². The highest BCUT2D eigenvalue weighted by atomic mass is 35.5. The van der Waals surface area contributed by atoms with Crippen molar-refractivity contribution in [1.29, 1.82) is 5.41 Å². The van der Waals surface area contributed by atoms with E-state index >= 15 is 0 Å². The lowest BCUT2D eigenvalue weighted by molar-refractivity contribution is 0.0906. The Morgan fingerprint density at radius 3 is 2.82 bits per heavy atom. The fourth-order valence-corrected chi connectivity index (χ4v) is 5.32. The van der Waals surface area contributed by atoms with Gasteiger partial charge in [-0.25, -0.2) is 0 Å². The van der Waals surface area contributed by atoms with Crippen molar-refractivity contribution in [2.45, 2.75) is 25.4 Å². The van der Waals surface area contributed by atoms with Gasteiger partial charge in [0.1, 0.15) is 11.4 Å². The third-order valence-electron chi connectivity index (χ3n) is 6.01. The van der Waals surface area contributed by atoms with Crippen LogP contribution in [0.3, 0.4) is 0 Å². The number of hydrogen-bond acceptors (Lipinski definition) is 6. The number of fused-ring (bicyclic) bond motifs is 1. The Kier molecular flexibility index (Phi) is 6.30. The van der Waals surface area contributed by atoms with E-state index in [-0.39, 0.29) is 11.9 Å². The summed E-state index contributed by atoms with van der Waals surface area (Å²) in [5.74, 6) is 0.589. The third-order valence-corrected chi connectivity index (χ3v) is 7.26. The molecule has 4 aromatic rings. The van der Waals surface area contributed by atoms with Gasteiger partial charge in [-0.05, 0) is 37.1 Å². The molecule has 1 fully saturated rings. The molecule has 1 aromatic carbocycles. The summed E-state index contributed by atoms with van der Waals surface area (Å²) < 4.78 is 8.24. The summed E-state index contributed by atoms with van der Waals surface area (Å²) in [5, 5.41) is 15.7. The van der Waals surface area contributed by atoms with Crippen LogP contribution in [0.4, 0.5) is 0 Å². The molecule has 1 aliphatic heterocycles. The van der Waals surface area contributed by atoms with Gasteiger partial charge < -0.3 is 19.8 Å². The van der Waals surface area contributed by atoms with Crippen LogP contribution in [0.25, 0.3) is 21.5 Å². The van der Waals surface area contributed by atoms with Gasteiger partial charge in [0, 0.05) is 48.9 Å². The number of rotatable bonds is 7. The summed E-state index contributed by atoms with van der Waals surface area (Å²) >= 11 is 7.49. The van der Waals surface area contributed by atoms with E-state index in [2.05, 4.69) is 15.4 Å². The molecule has 1 aliphatic rings. The van der Waals surface area contributed by atoms with E-state index < -0.39 is 0 Å². The summed E-state index contributed by atoms with van der Waals surface area (Å²) in [6, 6.07) is 15.7. The first-order chi connectivity index (χ1) is 16.1. The number of halogens is 1. The van der Waals surface area contributed by atoms with Crippen LogP contribution in [0.1, 0.15) is 29.0 Å². The number of piperidine rings is 1. The van der Waals surface area contributed by atoms with Crippen molar-refractivity contribution in [3.05, 3.63) is 64.3 Å². The molecule has 5 rings (SSSR count). The molecule has 9 heteroatoms. The van der Waals surface area contributed by atoms with Crippen molar-refractivity contribution in [3.63, 3.8) is 0 Å². The van der Waals surface area contributed by atoms with Crippen LogP contribution >= 0.6 is 22.9 Å². The van der Waals surface area contributed by atoms with Crippen LogP contribution in [-0.2, 0) is 6.54 Å². The number of carbonyl (C=O) groups excluding carboxylic acids is 1. The predicted molar refractivity (Wildman–Crippen MR) is 132 cm³/mol. The van der Waals surface area contributed by atoms with Crippen LogP contribution in [0.15, 0.2) is 53.1 Å². The summed E-state index contributed by atoms with van der Waals surface area (Å²) in [6.45, 7) is 2.87. The van der Waals surface area contributed by atoms with E-state index in [1.807, 2.05) is 53.1 Å². The highest BCUT2D eigenvalue weighted by Gasteiger charge is 2.23. The monoisotopic (exact) mass is 481 g/mol. The molecule has 0 saturated carbocycles. The van der Waals surface area contributed by atoms with Crippen molar-refractivity contribution >= 4 is 46.0 Å². The molecular formula is C24H24ClN5O2S. The molecule has 0 unspecified atom stereocenters. The van der Waals surface area contributed by atoms with Gasteiger partial charge >= 0.3 is 0 Å². The van der Waals surface area contributed by atoms with Crippen molar-refractivity contribution in [3.8, 4) is 10.6 Å². The molecule has 2 N–H and O–H groups in total. The lowest BCUT2D eigenvalue weighted by atomic mass is 10.0. The minimum Gasteiger partial charge on any atom is -0.355 e. The number of aromatic nitrogens is 2. The highest BCUT2D eigenvalue weighted by molar-refractivity contribution is 7.19. The van der Waals surface area contributed by atoms with Gasteiger partial charge in [0.25, 0.3) is 5.91 Å². The van der Waals surface area contributed by atoms with Gasteiger partial charge in [-0.15, -0.1) is 11.3 Å². The fraction of sp³-hybridized carbons (Fsp3) is 0.292. The number of nitrogens with one attached hydrogen (secondary N) is 2. The zero-order valence-electron chi connectivity index (χ0n) is 18.0. The number of likely N-dealkylation sites (tertiary alicyclic amines) is 1. The van der Waals surface area contributed by atoms with Gasteiger partial charge in [-0.1, -0.05) is 35.0 Å². The summed E-state index contributed by atoms with van der Waals surface area (Å²) in [6.07, 6.45) is 3.20. The zero-order valence-corrected chi connectivity index (χ0v) is 19.5. The number of carbonyl (C=O) groups is 1. The Labute approximate surface area is 200 Å². The Morgan fingerprint density at radius 2 is 2.06 bits per heavy atom. The van der Waals surface area contributed by atoms with E-state index in [9.17, 15) is 4.79 Å². The van der Waals surface area contributed by atoms with Crippen LogP contribution in [0, 0.1) is 5.41 Å². The lowest BCUT2D eigenvalue weighted by Gasteiger charge is -2.31. The van der Waals surface area contributed by atoms with Gasteiger partial charge in [0.05, 0.1) is 15.8 Å². The molecule has 0 aliphatic carbocycles. The number of thiophene rings is 1. The molecule has 0 atom stereocenters. The van der Waals surface area contributed by atoms with E-state index in [1.165, 1.54) is 17.6 Å². The van der Waals surface area contributed by atoms with Crippen LogP contribution in [0.5, 0.6) is 0 Å². The van der Waals surface area contributed by atoms with Crippen LogP contribution < -0.4 is 5.32 Å². The Bertz CT molecular complexity index is 1290. The third kappa shape index (κ3) is 4.73. The first-order valence-electron chi connectivity index (χ1n) is 10.9. The topological polar surface area (TPSA) is 87.2 Å². The van der Waals surface area contributed by atoms with Crippen LogP contribution in [-0.4, -0.2) is 52.4 Å². The van der Waals surface area contributed by atoms with Crippen molar-refractivity contribution in [1.82, 2.24) is 19.9 Å². The molecule has 1 saturated heterocycles. The average molecular weight is 482 g/mol. The molecule has 0 bridgehead atoms. The first-order valence-corrected chi connectivity index (χ1v) is 12.1. The highest BCUT2D eigenvalue weighted by Crippen LogP contribution is 2.32. The van der Waals surface area contributed by atoms with Crippen molar-refractivity contribution in [2.24, 2.45) is 0 Å². The number of hydrogen-bond donors (Lipinski definition) is 2. The average Bonchev–Trinajstić information content (AvgIpc) is 3.55. The van der Waals surface area contributed by atoms with Gasteiger partial charge in [-0.2, -0.15) is 0 Å². The molecular weight excluding hydrogens is 458 g/mol. The standard InChI is InChI=1S/C24H24ClN5O2S/c25-23-6-5-22(33-23)21-14-18(28-32-21)15-30-19-4-2-1-3-16(19)13-20(30)24(31)27-17-7-10-29(11-8-17)12-9-26/h1-6,9,13-14,17,26H,7-8,10-12,15H2,(H,27,31). The Morgan fingerprint density at radius 1 is 1.24 bits per heavy atom. The molecule has 0 spiro atoms. The minimum absolute atomic E-state index is 0.0783. The minimum atomic E-state index is -0.0783. The van der Waals surface area contributed by atoms with E-state index in [4.69, 9.17) is 21.5 Å². The number of amides is 1. The maximum atomic E-state index is 13.3. The normalized spacial score (nSPS) is 15.2. The number of para-hydroxylation sites is 1. The second-order valence-corrected chi connectivity index (χ2v) is 9.93. The van der Waals surface area contributed by atoms with Gasteiger partial charge in [0.15, 0.2) is 5.76 Å². The van der Waals surface area contributed by atoms with E-state index in [1.54, 1.807) is 0 Å². The second kappa shape index (κ2) is 9.51. The molecule has 1 amide bonds. The van der Waals surface area contributed by atoms with E-state index in [0.717, 1.165) is 47.4 Å². The maximum absolute atomic E-state index is 13.3. The second-order valence-electron chi connectivity index (χ2n) is 8.21. The first kappa shape index (κ1) is 21.9. The summed E-state index contributed by atoms with van der Waals surface area (Å²) in [4.78, 5) is 16.4. The fourth-order valence-electron chi connectivity index (χ4n) is 4.33.